The molecule has 0 saturated heterocycles. The fourth-order valence-corrected chi connectivity index (χ4v) is 6.73. The second-order valence-electron chi connectivity index (χ2n) is 9.83. The Morgan fingerprint density at radius 3 is 2.38 bits per heavy atom. The lowest BCUT2D eigenvalue weighted by Gasteiger charge is -2.36. The molecule has 4 nitrogen and oxygen atoms in total. The average Bonchev–Trinajstić information content (AvgIpc) is 3.32. The first-order chi connectivity index (χ1) is 18.8. The third-order valence-corrected chi connectivity index (χ3v) is 9.10. The Balaban J connectivity index is 1.56. The molecule has 202 valence electrons. The lowest BCUT2D eigenvalue weighted by Crippen LogP contribution is -2.43. The zero-order chi connectivity index (χ0) is 27.7. The zero-order valence-corrected chi connectivity index (χ0v) is 23.1. The first-order valence-corrected chi connectivity index (χ1v) is 14.0. The summed E-state index contributed by atoms with van der Waals surface area (Å²) < 4.78 is 34.9. The van der Waals surface area contributed by atoms with Gasteiger partial charge in [-0.25, -0.2) is 8.78 Å². The van der Waals surface area contributed by atoms with Crippen LogP contribution in [0.2, 0.25) is 5.02 Å². The van der Waals surface area contributed by atoms with Gasteiger partial charge in [0.15, 0.2) is 0 Å². The van der Waals surface area contributed by atoms with Crippen LogP contribution >= 0.6 is 22.9 Å². The normalized spacial score (nSPS) is 17.3. The summed E-state index contributed by atoms with van der Waals surface area (Å²) in [4.78, 5) is 16.0. The maximum atomic E-state index is 14.6. The van der Waals surface area contributed by atoms with Crippen molar-refractivity contribution in [2.24, 2.45) is 5.73 Å². The molecule has 1 aliphatic rings. The molecule has 0 atom stereocenters. The minimum absolute atomic E-state index is 0.0384. The number of hydrogen-bond donors (Lipinski definition) is 1. The number of nitrogens with zero attached hydrogens (tertiary/aromatic N) is 1. The van der Waals surface area contributed by atoms with Gasteiger partial charge in [-0.3, -0.25) is 4.79 Å². The van der Waals surface area contributed by atoms with Gasteiger partial charge in [-0.15, -0.1) is 11.3 Å². The molecule has 1 fully saturated rings. The molecular weight excluding hydrogens is 538 g/mol. The first-order valence-electron chi connectivity index (χ1n) is 12.8. The van der Waals surface area contributed by atoms with Crippen LogP contribution in [0, 0.1) is 11.6 Å². The molecule has 0 unspecified atom stereocenters. The average molecular weight is 567 g/mol. The Hall–Kier alpha value is -3.26. The highest BCUT2D eigenvalue weighted by Crippen LogP contribution is 2.40. The predicted molar refractivity (Wildman–Crippen MR) is 155 cm³/mol. The van der Waals surface area contributed by atoms with Gasteiger partial charge in [-0.1, -0.05) is 54.6 Å². The molecule has 0 bridgehead atoms. The number of hydrogen-bond acceptors (Lipinski definition) is 4. The summed E-state index contributed by atoms with van der Waals surface area (Å²) in [7, 11) is 1.59. The number of benzene rings is 3. The summed E-state index contributed by atoms with van der Waals surface area (Å²) in [6.45, 7) is 4.06. The van der Waals surface area contributed by atoms with Crippen LogP contribution in [-0.2, 0) is 6.54 Å². The van der Waals surface area contributed by atoms with Gasteiger partial charge in [-0.05, 0) is 66.6 Å². The molecule has 0 aliphatic heterocycles. The molecule has 0 radical (unpaired) electrons. The van der Waals surface area contributed by atoms with Crippen molar-refractivity contribution < 1.29 is 18.3 Å². The van der Waals surface area contributed by atoms with Crippen molar-refractivity contribution in [2.75, 3.05) is 7.11 Å². The number of fused-ring (bicyclic) bond motifs is 1. The van der Waals surface area contributed by atoms with E-state index in [-0.39, 0.29) is 44.5 Å². The number of ether oxygens (including phenoxy) is 1. The van der Waals surface area contributed by atoms with Crippen molar-refractivity contribution in [1.29, 1.82) is 0 Å². The summed E-state index contributed by atoms with van der Waals surface area (Å²) in [6, 6.07) is 16.0. The minimum Gasteiger partial charge on any atom is -0.496 e. The Kier molecular flexibility index (Phi) is 8.03. The number of halogens is 3. The van der Waals surface area contributed by atoms with Gasteiger partial charge < -0.3 is 15.4 Å². The second kappa shape index (κ2) is 11.5. The number of thiophene rings is 1. The fraction of sp³-hybridized carbons (Fsp3) is 0.258. The number of methoxy groups -OCH3 is 1. The number of carbonyl (C=O) groups is 1. The second-order valence-corrected chi connectivity index (χ2v) is 11.2. The molecule has 4 aromatic rings. The van der Waals surface area contributed by atoms with E-state index >= 15 is 0 Å². The topological polar surface area (TPSA) is 55.6 Å². The van der Waals surface area contributed by atoms with Gasteiger partial charge in [0, 0.05) is 24.2 Å². The lowest BCUT2D eigenvalue weighted by atomic mass is 9.90. The van der Waals surface area contributed by atoms with Crippen molar-refractivity contribution in [3.8, 4) is 16.9 Å². The maximum absolute atomic E-state index is 14.6. The van der Waals surface area contributed by atoms with Crippen molar-refractivity contribution >= 4 is 45.0 Å². The molecule has 1 aliphatic carbocycles. The fourth-order valence-electron chi connectivity index (χ4n) is 5.22. The quantitative estimate of drug-likeness (QED) is 0.246. The predicted octanol–water partition coefficient (Wildman–Crippen LogP) is 8.06. The third kappa shape index (κ3) is 5.44. The Morgan fingerprint density at radius 1 is 1.08 bits per heavy atom. The summed E-state index contributed by atoms with van der Waals surface area (Å²) in [5.41, 5.74) is 10.00. The van der Waals surface area contributed by atoms with Gasteiger partial charge in [0.25, 0.3) is 5.91 Å². The van der Waals surface area contributed by atoms with Crippen molar-refractivity contribution in [1.82, 2.24) is 4.90 Å². The maximum Gasteiger partial charge on any atom is 0.266 e. The summed E-state index contributed by atoms with van der Waals surface area (Å²) in [5.74, 6) is -0.974. The van der Waals surface area contributed by atoms with Gasteiger partial charge in [0.1, 0.15) is 22.3 Å². The highest BCUT2D eigenvalue weighted by Gasteiger charge is 2.32. The lowest BCUT2D eigenvalue weighted by molar-refractivity contribution is 0.0610. The van der Waals surface area contributed by atoms with Crippen LogP contribution < -0.4 is 10.5 Å². The van der Waals surface area contributed by atoms with Crippen molar-refractivity contribution in [3.63, 3.8) is 0 Å². The van der Waals surface area contributed by atoms with Crippen LogP contribution in [0.1, 0.15) is 46.5 Å². The first kappa shape index (κ1) is 27.3. The van der Waals surface area contributed by atoms with E-state index in [9.17, 15) is 13.6 Å². The van der Waals surface area contributed by atoms with Gasteiger partial charge in [0.05, 0.1) is 22.2 Å². The molecule has 5 rings (SSSR count). The highest BCUT2D eigenvalue weighted by atomic mass is 35.5. The van der Waals surface area contributed by atoms with Gasteiger partial charge in [0.2, 0.25) is 0 Å². The summed E-state index contributed by atoms with van der Waals surface area (Å²) in [5, 5.41) is -0.115. The third-order valence-electron chi connectivity index (χ3n) is 7.42. The summed E-state index contributed by atoms with van der Waals surface area (Å²) in [6.07, 6.45) is 4.81. The Morgan fingerprint density at radius 2 is 1.74 bits per heavy atom. The van der Waals surface area contributed by atoms with Crippen LogP contribution in [0.15, 0.2) is 61.2 Å². The number of nitrogens with two attached hydrogens (primary N) is 1. The van der Waals surface area contributed by atoms with E-state index < -0.39 is 11.6 Å². The van der Waals surface area contributed by atoms with E-state index in [1.165, 1.54) is 0 Å². The van der Waals surface area contributed by atoms with E-state index in [1.54, 1.807) is 18.1 Å². The molecule has 2 N–H and O–H groups in total. The molecular formula is C31H29ClF2N2O2S. The Bertz CT molecular complexity index is 1530. The largest absolute Gasteiger partial charge is 0.496 e. The van der Waals surface area contributed by atoms with Gasteiger partial charge >= 0.3 is 0 Å². The Labute approximate surface area is 235 Å². The highest BCUT2D eigenvalue weighted by molar-refractivity contribution is 7.21. The monoisotopic (exact) mass is 566 g/mol. The van der Waals surface area contributed by atoms with Crippen LogP contribution in [-0.4, -0.2) is 30.0 Å². The molecule has 1 amide bonds. The number of rotatable bonds is 7. The van der Waals surface area contributed by atoms with Gasteiger partial charge in [-0.2, -0.15) is 0 Å². The van der Waals surface area contributed by atoms with Crippen LogP contribution in [0.5, 0.6) is 5.75 Å². The molecule has 0 spiro atoms. The SMILES string of the molecule is C=Cc1ccc(-c2ccc(OC)c(CN(C(=O)c3sc4c(F)ccc(F)c4c3Cl)[C@H]3CC[C@@H](N)CC3)c2)cc1. The van der Waals surface area contributed by atoms with Crippen LogP contribution in [0.25, 0.3) is 27.3 Å². The molecule has 1 heterocycles. The van der Waals surface area contributed by atoms with E-state index in [0.29, 0.717) is 5.75 Å². The molecule has 3 aromatic carbocycles. The van der Waals surface area contributed by atoms with Crippen molar-refractivity contribution in [3.05, 3.63) is 93.8 Å². The molecule has 8 heteroatoms. The van der Waals surface area contributed by atoms with Crippen molar-refractivity contribution in [2.45, 2.75) is 44.3 Å². The van der Waals surface area contributed by atoms with Crippen LogP contribution in [0.3, 0.4) is 0 Å². The van der Waals surface area contributed by atoms with E-state index in [2.05, 4.69) is 6.58 Å². The minimum atomic E-state index is -0.654. The van der Waals surface area contributed by atoms with E-state index in [1.807, 2.05) is 42.5 Å². The number of amides is 1. The standard InChI is InChI=1S/C31H29ClF2N2O2S/c1-3-18-4-6-19(7-5-18)20-8-15-26(38-2)21(16-20)17-36(23-11-9-22(35)10-12-23)31(37)30-28(32)27-24(33)13-14-25(34)29(27)39-30/h3-8,13-16,22-23H,1,9-12,17,35H2,2H3/t22-,23+. The van der Waals surface area contributed by atoms with Crippen LogP contribution in [0.4, 0.5) is 8.78 Å². The molecule has 1 saturated carbocycles. The molecule has 1 aromatic heterocycles. The number of carbonyl (C=O) groups excluding carboxylic acids is 1. The molecule has 39 heavy (non-hydrogen) atoms. The zero-order valence-electron chi connectivity index (χ0n) is 21.6. The smallest absolute Gasteiger partial charge is 0.266 e. The van der Waals surface area contributed by atoms with E-state index in [0.717, 1.165) is 71.4 Å². The summed E-state index contributed by atoms with van der Waals surface area (Å²) >= 11 is 7.42. The van der Waals surface area contributed by atoms with E-state index in [4.69, 9.17) is 22.1 Å².